The Hall–Kier alpha value is -3.37. The molecule has 1 atom stereocenters. The van der Waals surface area contributed by atoms with Crippen molar-refractivity contribution in [3.05, 3.63) is 71.6 Å². The zero-order chi connectivity index (χ0) is 30.8. The molecule has 1 unspecified atom stereocenters. The molecule has 0 saturated carbocycles. The summed E-state index contributed by atoms with van der Waals surface area (Å²) in [6.07, 6.45) is -0.488. The van der Waals surface area contributed by atoms with Crippen molar-refractivity contribution in [1.29, 1.82) is 0 Å². The summed E-state index contributed by atoms with van der Waals surface area (Å²) in [5, 5.41) is 4.79. The predicted octanol–water partition coefficient (Wildman–Crippen LogP) is 3.77. The number of thiazole rings is 1. The van der Waals surface area contributed by atoms with Gasteiger partial charge in [-0.05, 0) is 39.2 Å². The lowest BCUT2D eigenvalue weighted by molar-refractivity contribution is -0.117. The molecular formula is C27H35N5O7S3. The van der Waals surface area contributed by atoms with Crippen molar-refractivity contribution in [3.63, 3.8) is 0 Å². The molecule has 4 N–H and O–H groups in total. The Labute approximate surface area is 250 Å². The number of nitrogens with zero attached hydrogens (tertiary/aromatic N) is 1. The van der Waals surface area contributed by atoms with Crippen molar-refractivity contribution < 1.29 is 31.2 Å². The van der Waals surface area contributed by atoms with Crippen molar-refractivity contribution in [2.24, 2.45) is 0 Å². The van der Waals surface area contributed by atoms with Gasteiger partial charge in [0.1, 0.15) is 11.6 Å². The Morgan fingerprint density at radius 2 is 1.60 bits per heavy atom. The molecule has 15 heteroatoms. The fourth-order valence-corrected chi connectivity index (χ4v) is 6.53. The zero-order valence-corrected chi connectivity index (χ0v) is 25.9. The summed E-state index contributed by atoms with van der Waals surface area (Å²) >= 11 is 1.21. The van der Waals surface area contributed by atoms with Crippen molar-refractivity contribution >= 4 is 48.7 Å². The van der Waals surface area contributed by atoms with Crippen molar-refractivity contribution in [3.8, 4) is 11.3 Å². The molecule has 0 radical (unpaired) electrons. The second-order valence-corrected chi connectivity index (χ2v) is 14.4. The van der Waals surface area contributed by atoms with Crippen LogP contribution < -0.4 is 19.5 Å². The summed E-state index contributed by atoms with van der Waals surface area (Å²) < 4.78 is 61.5. The smallest absolute Gasteiger partial charge is 0.422 e. The van der Waals surface area contributed by atoms with Crippen LogP contribution in [0.25, 0.3) is 11.3 Å². The van der Waals surface area contributed by atoms with E-state index in [0.29, 0.717) is 16.4 Å². The van der Waals surface area contributed by atoms with E-state index in [0.717, 1.165) is 5.56 Å². The van der Waals surface area contributed by atoms with Crippen LogP contribution in [-0.2, 0) is 35.5 Å². The Morgan fingerprint density at radius 3 is 2.24 bits per heavy atom. The Kier molecular flexibility index (Phi) is 11.6. The van der Waals surface area contributed by atoms with E-state index in [2.05, 4.69) is 19.7 Å². The predicted molar refractivity (Wildman–Crippen MR) is 162 cm³/mol. The third kappa shape index (κ3) is 11.9. The monoisotopic (exact) mass is 637 g/mol. The topological polar surface area (TPSA) is 173 Å². The lowest BCUT2D eigenvalue weighted by Gasteiger charge is -2.19. The number of aromatic nitrogens is 1. The highest BCUT2D eigenvalue weighted by Gasteiger charge is 2.26. The summed E-state index contributed by atoms with van der Waals surface area (Å²) in [4.78, 5) is 29.4. The minimum absolute atomic E-state index is 0.0594. The van der Waals surface area contributed by atoms with Crippen LogP contribution in [0.2, 0.25) is 0 Å². The van der Waals surface area contributed by atoms with E-state index in [1.54, 1.807) is 61.2 Å². The van der Waals surface area contributed by atoms with E-state index in [1.807, 2.05) is 30.3 Å². The number of anilines is 1. The lowest BCUT2D eigenvalue weighted by Crippen LogP contribution is -2.44. The van der Waals surface area contributed by atoms with Crippen LogP contribution in [0.5, 0.6) is 0 Å². The Balaban J connectivity index is 1.61. The third-order valence-electron chi connectivity index (χ3n) is 5.47. The number of unbranched alkanes of at least 4 members (excludes halogenated alkanes) is 1. The van der Waals surface area contributed by atoms with Gasteiger partial charge < -0.3 is 10.1 Å². The van der Waals surface area contributed by atoms with Crippen molar-refractivity contribution in [2.45, 2.75) is 57.4 Å². The van der Waals surface area contributed by atoms with Gasteiger partial charge >= 0.3 is 16.3 Å². The molecule has 0 spiro atoms. The van der Waals surface area contributed by atoms with Gasteiger partial charge in [0.2, 0.25) is 15.9 Å². The molecule has 228 valence electrons. The van der Waals surface area contributed by atoms with Gasteiger partial charge in [-0.3, -0.25) is 4.79 Å². The maximum absolute atomic E-state index is 13.2. The molecule has 0 fully saturated rings. The normalized spacial score (nSPS) is 12.8. The molecule has 0 aliphatic heterocycles. The number of carbonyl (C=O) groups is 2. The molecule has 42 heavy (non-hydrogen) atoms. The average Bonchev–Trinajstić information content (AvgIpc) is 3.35. The number of sulfonamides is 1. The van der Waals surface area contributed by atoms with Crippen LogP contribution in [0.15, 0.2) is 66.0 Å². The van der Waals surface area contributed by atoms with E-state index in [9.17, 15) is 26.4 Å². The van der Waals surface area contributed by atoms with Gasteiger partial charge in [0.05, 0.1) is 11.4 Å². The number of nitrogens with one attached hydrogen (secondary N) is 4. The summed E-state index contributed by atoms with van der Waals surface area (Å²) in [6.45, 7) is 4.74. The minimum atomic E-state index is -4.17. The van der Waals surface area contributed by atoms with Crippen LogP contribution in [0.1, 0.15) is 45.6 Å². The van der Waals surface area contributed by atoms with Gasteiger partial charge in [0.15, 0.2) is 5.13 Å². The first-order chi connectivity index (χ1) is 19.7. The number of hydrogen-bond acceptors (Lipinski definition) is 9. The molecule has 3 aromatic rings. The van der Waals surface area contributed by atoms with E-state index < -0.39 is 43.9 Å². The first-order valence-corrected chi connectivity index (χ1v) is 17.1. The Morgan fingerprint density at radius 1 is 0.952 bits per heavy atom. The first-order valence-electron chi connectivity index (χ1n) is 13.1. The lowest BCUT2D eigenvalue weighted by atomic mass is 10.1. The highest BCUT2D eigenvalue weighted by atomic mass is 32.2. The second-order valence-electron chi connectivity index (χ2n) is 10.3. The largest absolute Gasteiger partial charge is 0.443 e. The maximum Gasteiger partial charge on any atom is 0.422 e. The number of rotatable bonds is 14. The second kappa shape index (κ2) is 14.7. The van der Waals surface area contributed by atoms with Gasteiger partial charge in [-0.1, -0.05) is 67.1 Å². The van der Waals surface area contributed by atoms with Crippen molar-refractivity contribution in [1.82, 2.24) is 19.2 Å². The number of carbonyl (C=O) groups excluding carboxylic acids is 2. The Bertz CT molecular complexity index is 1540. The molecule has 0 aliphatic carbocycles. The summed E-state index contributed by atoms with van der Waals surface area (Å²) in [5.74, 6) is -0.906. The number of amides is 2. The molecule has 0 bridgehead atoms. The van der Waals surface area contributed by atoms with Crippen molar-refractivity contribution in [2.75, 3.05) is 11.9 Å². The third-order valence-corrected chi connectivity index (χ3v) is 8.60. The van der Waals surface area contributed by atoms with Gasteiger partial charge in [-0.15, -0.1) is 11.3 Å². The SMILES string of the molecule is CC(C)(C)OC(=O)NS(=O)(=O)NCCCCC(NS(=O)(=O)Cc1ccccc1)C(=O)Nc1nc(-c2ccccc2)cs1. The van der Waals surface area contributed by atoms with Crippen LogP contribution in [0, 0.1) is 0 Å². The molecule has 1 heterocycles. The molecular weight excluding hydrogens is 603 g/mol. The standard InChI is InChI=1S/C27H35N5O7S3/c1-27(2,3)39-26(34)32-42(37,38)28-17-11-10-16-22(31-41(35,36)19-20-12-6-4-7-13-20)24(33)30-25-29-23(18-40-25)21-14-8-5-9-15-21/h4-9,12-15,18,22,28,31H,10-11,16-17,19H2,1-3H3,(H,32,34)(H,29,30,33). The van der Waals surface area contributed by atoms with Gasteiger partial charge in [0, 0.05) is 17.5 Å². The molecule has 1 aromatic heterocycles. The van der Waals surface area contributed by atoms with Crippen LogP contribution in [0.4, 0.5) is 9.93 Å². The van der Waals surface area contributed by atoms with Gasteiger partial charge in [-0.2, -0.15) is 13.1 Å². The van der Waals surface area contributed by atoms with E-state index in [-0.39, 0.29) is 31.6 Å². The van der Waals surface area contributed by atoms with E-state index in [4.69, 9.17) is 4.74 Å². The van der Waals surface area contributed by atoms with E-state index >= 15 is 0 Å². The molecule has 0 saturated heterocycles. The number of hydrogen-bond donors (Lipinski definition) is 4. The van der Waals surface area contributed by atoms with Crippen LogP contribution in [-0.4, -0.2) is 52.0 Å². The fourth-order valence-electron chi connectivity index (χ4n) is 3.69. The van der Waals surface area contributed by atoms with E-state index in [1.165, 1.54) is 11.3 Å². The molecule has 2 aromatic carbocycles. The molecule has 2 amide bonds. The highest BCUT2D eigenvalue weighted by molar-refractivity contribution is 7.88. The summed E-state index contributed by atoms with van der Waals surface area (Å²) in [6, 6.07) is 16.8. The highest BCUT2D eigenvalue weighted by Crippen LogP contribution is 2.25. The molecule has 0 aliphatic rings. The summed E-state index contributed by atoms with van der Waals surface area (Å²) in [5.41, 5.74) is 1.23. The molecule has 12 nitrogen and oxygen atoms in total. The fraction of sp³-hybridized carbons (Fsp3) is 0.370. The maximum atomic E-state index is 13.2. The average molecular weight is 638 g/mol. The van der Waals surface area contributed by atoms with Crippen LogP contribution in [0.3, 0.4) is 0 Å². The van der Waals surface area contributed by atoms with Gasteiger partial charge in [0.25, 0.3) is 0 Å². The molecule has 3 rings (SSSR count). The number of ether oxygens (including phenoxy) is 1. The zero-order valence-electron chi connectivity index (χ0n) is 23.5. The number of benzene rings is 2. The quantitative estimate of drug-likeness (QED) is 0.193. The summed E-state index contributed by atoms with van der Waals surface area (Å²) in [7, 11) is -8.07. The minimum Gasteiger partial charge on any atom is -0.443 e. The van der Waals surface area contributed by atoms with Crippen LogP contribution >= 0.6 is 11.3 Å². The first kappa shape index (κ1) is 33.1. The van der Waals surface area contributed by atoms with Gasteiger partial charge in [-0.25, -0.2) is 27.6 Å².